The van der Waals surface area contributed by atoms with Crippen molar-refractivity contribution in [2.24, 2.45) is 11.8 Å². The third-order valence-electron chi connectivity index (χ3n) is 7.32. The number of benzene rings is 2. The molecule has 0 fully saturated rings. The van der Waals surface area contributed by atoms with Gasteiger partial charge in [0.05, 0.1) is 5.76 Å². The molecule has 0 aliphatic rings. The molecule has 2 aromatic carbocycles. The second kappa shape index (κ2) is 15.4. The van der Waals surface area contributed by atoms with Crippen LogP contribution >= 0.6 is 0 Å². The Labute approximate surface area is 263 Å². The average molecular weight is 857 g/mol. The molecule has 0 unspecified atom stereocenters. The molecule has 2 heterocycles. The molecule has 0 aliphatic carbocycles. The fraction of sp³-hybridized carbons (Fsp3) is 0.406. The second-order valence-corrected chi connectivity index (χ2v) is 13.3. The van der Waals surface area contributed by atoms with Crippen LogP contribution in [0.5, 0.6) is 0 Å². The summed E-state index contributed by atoms with van der Waals surface area (Å²) >= 11 is -0.648. The Balaban J connectivity index is 0.000000320. The Kier molecular flexibility index (Phi) is 13.2. The van der Waals surface area contributed by atoms with Crippen LogP contribution in [0.15, 0.2) is 48.5 Å². The summed E-state index contributed by atoms with van der Waals surface area (Å²) in [5.74, 6) is 0.547. The molecule has 0 saturated carbocycles. The van der Waals surface area contributed by atoms with Gasteiger partial charge in [0.15, 0.2) is 5.78 Å². The van der Waals surface area contributed by atoms with Gasteiger partial charge in [-0.05, 0) is 25.7 Å². The van der Waals surface area contributed by atoms with Crippen LogP contribution in [0.3, 0.4) is 0 Å². The van der Waals surface area contributed by atoms with E-state index in [2.05, 4.69) is 23.0 Å². The number of halogens is 3. The van der Waals surface area contributed by atoms with Crippen molar-refractivity contribution < 1.29 is 43.2 Å². The number of allylic oxidation sites excluding steroid dienone is 2. The van der Waals surface area contributed by atoms with Gasteiger partial charge in [0.25, 0.3) is 0 Å². The molecule has 0 aliphatic heterocycles. The number of carbonyl (C=O) groups is 1. The zero-order valence-electron chi connectivity index (χ0n) is 24.1. The molecule has 2 aromatic heterocycles. The SMILES string of the molecule is CCC(CC)C(=O)/C=C(\O)C(CC)CC.Cc1[c-]c(-c2ncnc3c(C(F)(F)F)c4ccccc4cc23)[te]c1C.[Ir]. The first-order chi connectivity index (χ1) is 19.0. The fourth-order valence-electron chi connectivity index (χ4n) is 4.73. The number of carbonyl (C=O) groups excluding carboxylic acids is 1. The standard InChI is InChI=1S/C19H12F3N2Te.C13H24O2.Ir/c1-10-7-15(25-11(10)2)17-14-8-12-5-3-4-6-13(12)16(19(20,21)22)18(14)24-9-23-17;1-5-10(6-2)12(14)9-13(15)11(7-3)8-4;/h3-6,8-9H,1-2H3;9-11,14H,5-8H2,1-4H3;/q-1;;/b;12-9-;. The van der Waals surface area contributed by atoms with Crippen LogP contribution in [0.1, 0.15) is 68.1 Å². The van der Waals surface area contributed by atoms with E-state index in [9.17, 15) is 23.1 Å². The third kappa shape index (κ3) is 8.29. The zero-order chi connectivity index (χ0) is 29.6. The number of ketones is 1. The maximum absolute atomic E-state index is 13.8. The van der Waals surface area contributed by atoms with Crippen LogP contribution in [0.25, 0.3) is 30.9 Å². The predicted molar refractivity (Wildman–Crippen MR) is 157 cm³/mol. The van der Waals surface area contributed by atoms with Crippen molar-refractivity contribution in [3.8, 4) is 9.27 Å². The monoisotopic (exact) mass is 860 g/mol. The molecular formula is C32H36F3IrN2O2Te-. The number of hydrogen-bond acceptors (Lipinski definition) is 4. The minimum atomic E-state index is -4.49. The molecule has 0 amide bonds. The summed E-state index contributed by atoms with van der Waals surface area (Å²) < 4.78 is 43.6. The second-order valence-electron chi connectivity index (χ2n) is 9.82. The van der Waals surface area contributed by atoms with E-state index >= 15 is 0 Å². The molecule has 0 bridgehead atoms. The average Bonchev–Trinajstić information content (AvgIpc) is 3.25. The van der Waals surface area contributed by atoms with E-state index in [-0.39, 0.29) is 54.4 Å². The summed E-state index contributed by atoms with van der Waals surface area (Å²) in [6.07, 6.45) is 1.65. The van der Waals surface area contributed by atoms with Gasteiger partial charge in [-0.3, -0.25) is 4.79 Å². The first-order valence-corrected chi connectivity index (χ1v) is 16.0. The van der Waals surface area contributed by atoms with Gasteiger partial charge in [-0.15, -0.1) is 0 Å². The summed E-state index contributed by atoms with van der Waals surface area (Å²) in [6.45, 7) is 12.1. The van der Waals surface area contributed by atoms with Crippen LogP contribution in [0.2, 0.25) is 0 Å². The van der Waals surface area contributed by atoms with Gasteiger partial charge >= 0.3 is 152 Å². The number of aliphatic hydroxyl groups is 1. The molecular weight excluding hydrogens is 821 g/mol. The molecule has 9 heteroatoms. The van der Waals surface area contributed by atoms with E-state index in [0.717, 1.165) is 34.8 Å². The van der Waals surface area contributed by atoms with E-state index in [1.165, 1.54) is 22.0 Å². The predicted octanol–water partition coefficient (Wildman–Crippen LogP) is 8.81. The summed E-state index contributed by atoms with van der Waals surface area (Å²) in [5, 5.41) is 10.9. The van der Waals surface area contributed by atoms with Gasteiger partial charge in [0.1, 0.15) is 0 Å². The molecule has 1 radical (unpaired) electrons. The van der Waals surface area contributed by atoms with Crippen molar-refractivity contribution in [2.45, 2.75) is 73.4 Å². The molecule has 4 rings (SSSR count). The van der Waals surface area contributed by atoms with Crippen LogP contribution in [-0.2, 0) is 31.1 Å². The van der Waals surface area contributed by atoms with E-state index in [1.54, 1.807) is 24.3 Å². The van der Waals surface area contributed by atoms with Crippen molar-refractivity contribution >= 4 is 47.9 Å². The fourth-order valence-corrected chi connectivity index (χ4v) is 7.51. The van der Waals surface area contributed by atoms with Crippen molar-refractivity contribution in [3.05, 3.63) is 69.3 Å². The maximum Gasteiger partial charge on any atom is 0 e. The molecule has 4 nitrogen and oxygen atoms in total. The number of aromatic nitrogens is 2. The Morgan fingerprint density at radius 3 is 2.15 bits per heavy atom. The van der Waals surface area contributed by atoms with Gasteiger partial charge < -0.3 is 5.11 Å². The molecule has 4 aromatic rings. The minimum Gasteiger partial charge on any atom is 0 e. The van der Waals surface area contributed by atoms with Gasteiger partial charge in [0.2, 0.25) is 0 Å². The first kappa shape index (κ1) is 35.2. The van der Waals surface area contributed by atoms with Crippen molar-refractivity contribution in [1.82, 2.24) is 9.97 Å². The number of fused-ring (bicyclic) bond motifs is 2. The molecule has 0 saturated heterocycles. The number of nitrogens with zero attached hydrogens (tertiary/aromatic N) is 2. The zero-order valence-corrected chi connectivity index (χ0v) is 28.9. The Morgan fingerprint density at radius 1 is 1.00 bits per heavy atom. The van der Waals surface area contributed by atoms with Crippen LogP contribution in [0.4, 0.5) is 13.2 Å². The van der Waals surface area contributed by atoms with E-state index < -0.39 is 32.2 Å². The van der Waals surface area contributed by atoms with Gasteiger partial charge in [-0.25, -0.2) is 0 Å². The molecule has 223 valence electrons. The van der Waals surface area contributed by atoms with Crippen molar-refractivity contribution in [2.75, 3.05) is 0 Å². The number of alkyl halides is 3. The Hall–Kier alpha value is -2.04. The van der Waals surface area contributed by atoms with Gasteiger partial charge in [-0.2, -0.15) is 0 Å². The minimum absolute atomic E-state index is 0. The van der Waals surface area contributed by atoms with Crippen LogP contribution < -0.4 is 0 Å². The Morgan fingerprint density at radius 2 is 1.61 bits per heavy atom. The summed E-state index contributed by atoms with van der Waals surface area (Å²) in [6, 6.07) is 11.6. The smallest absolute Gasteiger partial charge is 0 e. The van der Waals surface area contributed by atoms with Crippen molar-refractivity contribution in [3.63, 3.8) is 0 Å². The van der Waals surface area contributed by atoms with Crippen LogP contribution in [0, 0.1) is 31.7 Å². The summed E-state index contributed by atoms with van der Waals surface area (Å²) in [7, 11) is 0. The molecule has 1 N–H and O–H groups in total. The molecule has 0 atom stereocenters. The molecule has 0 spiro atoms. The van der Waals surface area contributed by atoms with E-state index in [0.29, 0.717) is 16.5 Å². The van der Waals surface area contributed by atoms with Crippen molar-refractivity contribution in [1.29, 1.82) is 0 Å². The number of aliphatic hydroxyl groups excluding tert-OH is 1. The normalized spacial score (nSPS) is 12.0. The van der Waals surface area contributed by atoms with Gasteiger partial charge in [0, 0.05) is 38.0 Å². The van der Waals surface area contributed by atoms with E-state index in [1.807, 2.05) is 34.6 Å². The van der Waals surface area contributed by atoms with Crippen LogP contribution in [-0.4, -0.2) is 41.3 Å². The van der Waals surface area contributed by atoms with Gasteiger partial charge in [-0.1, -0.05) is 27.7 Å². The largest absolute Gasteiger partial charge is 0 e. The number of hydrogen-bond donors (Lipinski definition) is 1. The topological polar surface area (TPSA) is 63.1 Å². The quantitative estimate of drug-likeness (QED) is 0.0633. The molecule has 41 heavy (non-hydrogen) atoms. The summed E-state index contributed by atoms with van der Waals surface area (Å²) in [4.78, 5) is 20.0. The number of rotatable bonds is 8. The summed E-state index contributed by atoms with van der Waals surface area (Å²) in [5.41, 5.74) is 0.922. The number of aryl methyl sites for hydroxylation is 2. The Bertz CT molecular complexity index is 1490. The maximum atomic E-state index is 13.8. The third-order valence-corrected chi connectivity index (χ3v) is 10.5. The first-order valence-electron chi connectivity index (χ1n) is 13.6. The van der Waals surface area contributed by atoms with E-state index in [4.69, 9.17) is 0 Å².